The van der Waals surface area contributed by atoms with E-state index in [1.807, 2.05) is 31.2 Å². The molecule has 0 saturated carbocycles. The molecule has 1 N–H and O–H groups in total. The summed E-state index contributed by atoms with van der Waals surface area (Å²) in [5.74, 6) is -1.17. The molecule has 0 saturated heterocycles. The van der Waals surface area contributed by atoms with Gasteiger partial charge in [-0.3, -0.25) is 9.59 Å². The number of hydrogen-bond acceptors (Lipinski definition) is 6. The highest BCUT2D eigenvalue weighted by molar-refractivity contribution is 7.13. The van der Waals surface area contributed by atoms with Gasteiger partial charge in [-0.05, 0) is 33.3 Å². The quantitative estimate of drug-likeness (QED) is 0.495. The maximum Gasteiger partial charge on any atom is 0.358 e. The van der Waals surface area contributed by atoms with Crippen LogP contribution in [-0.2, 0) is 4.74 Å². The highest BCUT2D eigenvalue weighted by Gasteiger charge is 2.21. The minimum atomic E-state index is -0.657. The van der Waals surface area contributed by atoms with E-state index < -0.39 is 18.4 Å². The van der Waals surface area contributed by atoms with Crippen molar-refractivity contribution >= 4 is 28.9 Å². The van der Waals surface area contributed by atoms with E-state index in [2.05, 4.69) is 9.97 Å². The van der Waals surface area contributed by atoms with Crippen molar-refractivity contribution in [2.24, 2.45) is 0 Å². The van der Waals surface area contributed by atoms with Gasteiger partial charge in [0.1, 0.15) is 5.01 Å². The third-order valence-corrected chi connectivity index (χ3v) is 5.31. The topological polar surface area (TPSA) is 89.1 Å². The fraction of sp³-hybridized carbons (Fsp3) is 0.238. The van der Waals surface area contributed by atoms with E-state index in [0.717, 1.165) is 11.1 Å². The van der Waals surface area contributed by atoms with E-state index in [1.165, 1.54) is 18.3 Å². The summed E-state index contributed by atoms with van der Waals surface area (Å²) in [6, 6.07) is 7.83. The molecule has 2 aromatic heterocycles. The van der Waals surface area contributed by atoms with Crippen LogP contribution in [0.25, 0.3) is 10.6 Å². The normalized spacial score (nSPS) is 10.7. The number of esters is 1. The van der Waals surface area contributed by atoms with Gasteiger partial charge in [-0.25, -0.2) is 9.78 Å². The first-order chi connectivity index (χ1) is 13.3. The maximum atomic E-state index is 12.4. The lowest BCUT2D eigenvalue weighted by Crippen LogP contribution is -2.15. The second kappa shape index (κ2) is 7.90. The molecule has 0 fully saturated rings. The Labute approximate surface area is 166 Å². The van der Waals surface area contributed by atoms with E-state index in [1.54, 1.807) is 19.2 Å². The van der Waals surface area contributed by atoms with Crippen LogP contribution in [0.15, 0.2) is 29.6 Å². The third-order valence-electron chi connectivity index (χ3n) is 4.41. The molecule has 6 nitrogen and oxygen atoms in total. The van der Waals surface area contributed by atoms with Crippen LogP contribution in [0.4, 0.5) is 0 Å². The highest BCUT2D eigenvalue weighted by atomic mass is 32.1. The highest BCUT2D eigenvalue weighted by Crippen LogP contribution is 2.24. The smallest absolute Gasteiger partial charge is 0.358 e. The average molecular weight is 396 g/mol. The Hall–Kier alpha value is -3.06. The minimum absolute atomic E-state index is 0.117. The summed E-state index contributed by atoms with van der Waals surface area (Å²) in [7, 11) is 0. The summed E-state index contributed by atoms with van der Waals surface area (Å²) in [5, 5.41) is 2.32. The molecule has 1 aromatic carbocycles. The molecule has 3 aromatic rings. The first kappa shape index (κ1) is 19.7. The number of carbonyl (C=O) groups excluding carboxylic acids is 3. The lowest BCUT2D eigenvalue weighted by molar-refractivity contribution is 0.0468. The summed E-state index contributed by atoms with van der Waals surface area (Å²) in [4.78, 5) is 43.6. The van der Waals surface area contributed by atoms with Crippen LogP contribution in [0, 0.1) is 20.8 Å². The number of benzene rings is 1. The summed E-state index contributed by atoms with van der Waals surface area (Å²) in [5.41, 5.74) is 4.20. The number of nitrogens with zero attached hydrogens (tertiary/aromatic N) is 1. The number of nitrogens with one attached hydrogen (secondary N) is 1. The van der Waals surface area contributed by atoms with E-state index in [0.29, 0.717) is 21.8 Å². The standard InChI is InChI=1S/C21H20N2O4S/c1-11-5-7-15(8-6-11)20-23-16(10-28-20)21(26)27-9-17(25)19-12(2)18(14(4)24)13(3)22-19/h5-8,10,22H,9H2,1-4H3. The molecule has 0 radical (unpaired) electrons. The summed E-state index contributed by atoms with van der Waals surface area (Å²) < 4.78 is 5.13. The Morgan fingerprint density at radius 2 is 1.79 bits per heavy atom. The first-order valence-electron chi connectivity index (χ1n) is 8.71. The molecule has 0 atom stereocenters. The number of carbonyl (C=O) groups is 3. The Bertz CT molecular complexity index is 1060. The molecule has 28 heavy (non-hydrogen) atoms. The Morgan fingerprint density at radius 1 is 1.11 bits per heavy atom. The molecule has 0 unspecified atom stereocenters. The van der Waals surface area contributed by atoms with Crippen molar-refractivity contribution in [2.75, 3.05) is 6.61 Å². The molecular formula is C21H20N2O4S. The molecule has 0 spiro atoms. The van der Waals surface area contributed by atoms with E-state index in [-0.39, 0.29) is 17.2 Å². The third kappa shape index (κ3) is 3.94. The fourth-order valence-electron chi connectivity index (χ4n) is 3.03. The number of aryl methyl sites for hydroxylation is 2. The van der Waals surface area contributed by atoms with Gasteiger partial charge in [-0.2, -0.15) is 0 Å². The molecule has 0 aliphatic rings. The van der Waals surface area contributed by atoms with Crippen molar-refractivity contribution in [3.05, 3.63) is 63.4 Å². The predicted molar refractivity (Wildman–Crippen MR) is 107 cm³/mol. The molecule has 0 bridgehead atoms. The zero-order valence-corrected chi connectivity index (χ0v) is 16.9. The molecule has 144 valence electrons. The fourth-order valence-corrected chi connectivity index (χ4v) is 3.83. The summed E-state index contributed by atoms with van der Waals surface area (Å²) in [6.07, 6.45) is 0. The van der Waals surface area contributed by atoms with Gasteiger partial charge in [0, 0.05) is 22.2 Å². The van der Waals surface area contributed by atoms with E-state index in [9.17, 15) is 14.4 Å². The molecule has 2 heterocycles. The monoisotopic (exact) mass is 396 g/mol. The molecule has 0 aliphatic carbocycles. The van der Waals surface area contributed by atoms with Crippen molar-refractivity contribution in [1.29, 1.82) is 0 Å². The zero-order chi connectivity index (χ0) is 20.4. The number of rotatable bonds is 6. The molecule has 3 rings (SSSR count). The van der Waals surface area contributed by atoms with Gasteiger partial charge >= 0.3 is 5.97 Å². The molecular weight excluding hydrogens is 376 g/mol. The van der Waals surface area contributed by atoms with Crippen molar-refractivity contribution in [3.63, 3.8) is 0 Å². The van der Waals surface area contributed by atoms with Gasteiger partial charge in [0.05, 0.1) is 5.69 Å². The number of ketones is 2. The van der Waals surface area contributed by atoms with Crippen molar-refractivity contribution in [3.8, 4) is 10.6 Å². The first-order valence-corrected chi connectivity index (χ1v) is 9.59. The number of thiazole rings is 1. The molecule has 0 amide bonds. The van der Waals surface area contributed by atoms with Crippen LogP contribution in [0.2, 0.25) is 0 Å². The Morgan fingerprint density at radius 3 is 2.39 bits per heavy atom. The van der Waals surface area contributed by atoms with Crippen LogP contribution < -0.4 is 0 Å². The number of aromatic nitrogens is 2. The maximum absolute atomic E-state index is 12.4. The van der Waals surface area contributed by atoms with Crippen molar-refractivity contribution in [1.82, 2.24) is 9.97 Å². The second-order valence-corrected chi connectivity index (χ2v) is 7.44. The average Bonchev–Trinajstić information content (AvgIpc) is 3.25. The summed E-state index contributed by atoms with van der Waals surface area (Å²) >= 11 is 1.34. The van der Waals surface area contributed by atoms with Crippen LogP contribution in [-0.4, -0.2) is 34.1 Å². The van der Waals surface area contributed by atoms with Crippen molar-refractivity contribution < 1.29 is 19.1 Å². The SMILES string of the molecule is CC(=O)c1c(C)[nH]c(C(=O)COC(=O)c2csc(-c3ccc(C)cc3)n2)c1C. The van der Waals surface area contributed by atoms with Gasteiger partial charge in [-0.15, -0.1) is 11.3 Å². The Kier molecular flexibility index (Phi) is 5.56. The van der Waals surface area contributed by atoms with Gasteiger partial charge in [0.25, 0.3) is 0 Å². The lowest BCUT2D eigenvalue weighted by atomic mass is 10.1. The molecule has 7 heteroatoms. The lowest BCUT2D eigenvalue weighted by Gasteiger charge is -2.03. The van der Waals surface area contributed by atoms with Crippen LogP contribution in [0.5, 0.6) is 0 Å². The largest absolute Gasteiger partial charge is 0.452 e. The van der Waals surface area contributed by atoms with E-state index >= 15 is 0 Å². The number of aromatic amines is 1. The Balaban J connectivity index is 1.68. The number of ether oxygens (including phenoxy) is 1. The van der Waals surface area contributed by atoms with Crippen LogP contribution >= 0.6 is 11.3 Å². The number of Topliss-reactive ketones (excluding diaryl/α,β-unsaturated/α-hetero) is 2. The minimum Gasteiger partial charge on any atom is -0.452 e. The number of hydrogen-bond donors (Lipinski definition) is 1. The number of H-pyrrole nitrogens is 1. The van der Waals surface area contributed by atoms with Crippen LogP contribution in [0.1, 0.15) is 55.1 Å². The van der Waals surface area contributed by atoms with E-state index in [4.69, 9.17) is 4.74 Å². The van der Waals surface area contributed by atoms with Crippen LogP contribution in [0.3, 0.4) is 0 Å². The van der Waals surface area contributed by atoms with Gasteiger partial charge in [0.2, 0.25) is 5.78 Å². The van der Waals surface area contributed by atoms with Gasteiger partial charge in [0.15, 0.2) is 18.1 Å². The zero-order valence-electron chi connectivity index (χ0n) is 16.1. The van der Waals surface area contributed by atoms with Gasteiger partial charge < -0.3 is 9.72 Å². The van der Waals surface area contributed by atoms with Gasteiger partial charge in [-0.1, -0.05) is 29.8 Å². The second-order valence-electron chi connectivity index (χ2n) is 6.58. The van der Waals surface area contributed by atoms with Crippen molar-refractivity contribution in [2.45, 2.75) is 27.7 Å². The molecule has 0 aliphatic heterocycles. The predicted octanol–water partition coefficient (Wildman–Crippen LogP) is 4.31. The summed E-state index contributed by atoms with van der Waals surface area (Å²) in [6.45, 7) is 6.45.